The number of fused-ring (bicyclic) bond motifs is 1. The second-order valence-electron chi connectivity index (χ2n) is 9.11. The van der Waals surface area contributed by atoms with Gasteiger partial charge in [0.1, 0.15) is 12.4 Å². The monoisotopic (exact) mass is 470 g/mol. The number of aryl methyl sites for hydroxylation is 1. The molecule has 5 nitrogen and oxygen atoms in total. The SMILES string of the molecule is CCN1CCCCN(C(=O)c2ccc(C)cc2)[C@@H](Cc2ccccc2)COc2ccccc2C1=O. The van der Waals surface area contributed by atoms with E-state index in [9.17, 15) is 9.59 Å². The lowest BCUT2D eigenvalue weighted by atomic mass is 10.0. The maximum absolute atomic E-state index is 13.8. The van der Waals surface area contributed by atoms with Gasteiger partial charge in [-0.1, -0.05) is 60.2 Å². The van der Waals surface area contributed by atoms with Gasteiger partial charge in [0.25, 0.3) is 11.8 Å². The molecule has 0 bridgehead atoms. The molecule has 2 amide bonds. The van der Waals surface area contributed by atoms with Gasteiger partial charge in [0.2, 0.25) is 0 Å². The fraction of sp³-hybridized carbons (Fsp3) is 0.333. The molecule has 1 aliphatic rings. The molecule has 0 N–H and O–H groups in total. The molecule has 0 aliphatic carbocycles. The van der Waals surface area contributed by atoms with Gasteiger partial charge in [-0.2, -0.15) is 0 Å². The lowest BCUT2D eigenvalue weighted by Crippen LogP contribution is -2.46. The molecule has 0 aromatic heterocycles. The van der Waals surface area contributed by atoms with E-state index in [1.54, 1.807) is 0 Å². The Balaban J connectivity index is 1.69. The molecule has 1 heterocycles. The van der Waals surface area contributed by atoms with Crippen molar-refractivity contribution >= 4 is 11.8 Å². The first-order chi connectivity index (χ1) is 17.1. The average molecular weight is 471 g/mol. The van der Waals surface area contributed by atoms with Crippen molar-refractivity contribution in [1.29, 1.82) is 0 Å². The summed E-state index contributed by atoms with van der Waals surface area (Å²) >= 11 is 0. The Morgan fingerprint density at radius 3 is 2.34 bits per heavy atom. The summed E-state index contributed by atoms with van der Waals surface area (Å²) in [6.07, 6.45) is 2.32. The van der Waals surface area contributed by atoms with Crippen LogP contribution in [0.3, 0.4) is 0 Å². The first kappa shape index (κ1) is 24.5. The van der Waals surface area contributed by atoms with Crippen molar-refractivity contribution in [2.24, 2.45) is 0 Å². The zero-order chi connectivity index (χ0) is 24.6. The number of para-hydroxylation sites is 1. The van der Waals surface area contributed by atoms with E-state index in [0.717, 1.165) is 24.0 Å². The molecular formula is C30H34N2O3. The summed E-state index contributed by atoms with van der Waals surface area (Å²) in [4.78, 5) is 30.8. The Hall–Kier alpha value is -3.60. The molecule has 5 heteroatoms. The Morgan fingerprint density at radius 1 is 0.914 bits per heavy atom. The van der Waals surface area contributed by atoms with Crippen LogP contribution in [-0.4, -0.2) is 53.9 Å². The van der Waals surface area contributed by atoms with Gasteiger partial charge in [-0.25, -0.2) is 0 Å². The zero-order valence-corrected chi connectivity index (χ0v) is 20.7. The largest absolute Gasteiger partial charge is 0.491 e. The lowest BCUT2D eigenvalue weighted by Gasteiger charge is -2.33. The molecule has 1 atom stereocenters. The predicted octanol–water partition coefficient (Wildman–Crippen LogP) is 5.38. The topological polar surface area (TPSA) is 49.9 Å². The van der Waals surface area contributed by atoms with Crippen LogP contribution in [0.1, 0.15) is 51.6 Å². The minimum Gasteiger partial charge on any atom is -0.491 e. The molecule has 3 aromatic carbocycles. The first-order valence-corrected chi connectivity index (χ1v) is 12.5. The fourth-order valence-electron chi connectivity index (χ4n) is 4.57. The summed E-state index contributed by atoms with van der Waals surface area (Å²) in [5.41, 5.74) is 3.54. The highest BCUT2D eigenvalue weighted by atomic mass is 16.5. The number of carbonyl (C=O) groups is 2. The van der Waals surface area contributed by atoms with Crippen molar-refractivity contribution in [3.63, 3.8) is 0 Å². The van der Waals surface area contributed by atoms with E-state index in [2.05, 4.69) is 12.1 Å². The van der Waals surface area contributed by atoms with Gasteiger partial charge in [-0.3, -0.25) is 9.59 Å². The number of ether oxygens (including phenoxy) is 1. The molecule has 182 valence electrons. The van der Waals surface area contributed by atoms with E-state index in [1.165, 1.54) is 0 Å². The quantitative estimate of drug-likeness (QED) is 0.514. The van der Waals surface area contributed by atoms with E-state index in [1.807, 2.05) is 90.4 Å². The van der Waals surface area contributed by atoms with Crippen LogP contribution in [0.15, 0.2) is 78.9 Å². The van der Waals surface area contributed by atoms with Crippen molar-refractivity contribution in [3.05, 3.63) is 101 Å². The molecule has 0 radical (unpaired) electrons. The molecule has 3 aromatic rings. The smallest absolute Gasteiger partial charge is 0.257 e. The summed E-state index contributed by atoms with van der Waals surface area (Å²) in [5, 5.41) is 0. The van der Waals surface area contributed by atoms with Crippen molar-refractivity contribution in [2.45, 2.75) is 39.2 Å². The maximum Gasteiger partial charge on any atom is 0.257 e. The van der Waals surface area contributed by atoms with Crippen LogP contribution in [0.25, 0.3) is 0 Å². The van der Waals surface area contributed by atoms with Gasteiger partial charge >= 0.3 is 0 Å². The minimum absolute atomic E-state index is 0.00382. The number of hydrogen-bond acceptors (Lipinski definition) is 3. The summed E-state index contributed by atoms with van der Waals surface area (Å²) in [6, 6.07) is 25.2. The standard InChI is InChI=1S/C30H34N2O3/c1-3-31-19-9-10-20-32(29(33)25-17-15-23(2)16-18-25)26(21-24-11-5-4-6-12-24)22-35-28-14-8-7-13-27(28)30(31)34/h4-8,11-18,26H,3,9-10,19-22H2,1-2H3/t26-/m0/s1. The zero-order valence-electron chi connectivity index (χ0n) is 20.7. The summed E-state index contributed by atoms with van der Waals surface area (Å²) < 4.78 is 6.30. The molecule has 1 aliphatic heterocycles. The lowest BCUT2D eigenvalue weighted by molar-refractivity contribution is 0.0586. The second-order valence-corrected chi connectivity index (χ2v) is 9.11. The minimum atomic E-state index is -0.170. The molecule has 0 fully saturated rings. The van der Waals surface area contributed by atoms with Gasteiger partial charge in [0.15, 0.2) is 0 Å². The molecule has 4 rings (SSSR count). The predicted molar refractivity (Wildman–Crippen MR) is 139 cm³/mol. The number of amides is 2. The van der Waals surface area contributed by atoms with E-state index in [-0.39, 0.29) is 17.9 Å². The van der Waals surface area contributed by atoms with Crippen LogP contribution in [0.2, 0.25) is 0 Å². The first-order valence-electron chi connectivity index (χ1n) is 12.5. The van der Waals surface area contributed by atoms with E-state index >= 15 is 0 Å². The number of nitrogens with zero attached hydrogens (tertiary/aromatic N) is 2. The van der Waals surface area contributed by atoms with Crippen LogP contribution in [0.5, 0.6) is 5.75 Å². The molecule has 0 saturated heterocycles. The number of rotatable bonds is 4. The van der Waals surface area contributed by atoms with Crippen molar-refractivity contribution in [1.82, 2.24) is 9.80 Å². The normalized spacial score (nSPS) is 17.1. The number of carbonyl (C=O) groups excluding carboxylic acids is 2. The van der Waals surface area contributed by atoms with Gasteiger partial charge < -0.3 is 14.5 Å². The van der Waals surface area contributed by atoms with Crippen LogP contribution in [-0.2, 0) is 6.42 Å². The van der Waals surface area contributed by atoms with Gasteiger partial charge in [0.05, 0.1) is 11.6 Å². The molecule has 0 spiro atoms. The molecule has 35 heavy (non-hydrogen) atoms. The van der Waals surface area contributed by atoms with Crippen LogP contribution < -0.4 is 4.74 Å². The molecule has 0 unspecified atom stereocenters. The van der Waals surface area contributed by atoms with Crippen molar-refractivity contribution in [2.75, 3.05) is 26.2 Å². The second kappa shape index (κ2) is 11.7. The van der Waals surface area contributed by atoms with Gasteiger partial charge in [-0.15, -0.1) is 0 Å². The third-order valence-corrected chi connectivity index (χ3v) is 6.61. The highest BCUT2D eigenvalue weighted by Gasteiger charge is 2.27. The van der Waals surface area contributed by atoms with Crippen molar-refractivity contribution in [3.8, 4) is 5.75 Å². The summed E-state index contributed by atoms with van der Waals surface area (Å²) in [7, 11) is 0. The third kappa shape index (κ3) is 6.10. The Labute approximate surface area is 208 Å². The third-order valence-electron chi connectivity index (χ3n) is 6.61. The summed E-state index contributed by atoms with van der Waals surface area (Å²) in [6.45, 7) is 6.23. The Kier molecular flexibility index (Phi) is 8.19. The Bertz CT molecular complexity index is 1130. The van der Waals surface area contributed by atoms with Gasteiger partial charge in [-0.05, 0) is 62.9 Å². The van der Waals surface area contributed by atoms with Crippen LogP contribution in [0, 0.1) is 6.92 Å². The van der Waals surface area contributed by atoms with Gasteiger partial charge in [0, 0.05) is 25.2 Å². The van der Waals surface area contributed by atoms with E-state index in [0.29, 0.717) is 49.5 Å². The van der Waals surface area contributed by atoms with E-state index in [4.69, 9.17) is 4.74 Å². The molecular weight excluding hydrogens is 436 g/mol. The highest BCUT2D eigenvalue weighted by Crippen LogP contribution is 2.23. The van der Waals surface area contributed by atoms with E-state index < -0.39 is 0 Å². The van der Waals surface area contributed by atoms with Crippen molar-refractivity contribution < 1.29 is 14.3 Å². The fourth-order valence-corrected chi connectivity index (χ4v) is 4.57. The molecule has 0 saturated carbocycles. The van der Waals surface area contributed by atoms with Crippen LogP contribution >= 0.6 is 0 Å². The maximum atomic E-state index is 13.8. The average Bonchev–Trinajstić information content (AvgIpc) is 2.89. The van der Waals surface area contributed by atoms with Crippen LogP contribution in [0.4, 0.5) is 0 Å². The Morgan fingerprint density at radius 2 is 1.60 bits per heavy atom. The number of hydrogen-bond donors (Lipinski definition) is 0. The number of benzene rings is 3. The highest BCUT2D eigenvalue weighted by molar-refractivity contribution is 5.97. The summed E-state index contributed by atoms with van der Waals surface area (Å²) in [5.74, 6) is 0.580.